The van der Waals surface area contributed by atoms with E-state index < -0.39 is 11.4 Å². The molecular weight excluding hydrogens is 216 g/mol. The van der Waals surface area contributed by atoms with Crippen molar-refractivity contribution in [3.05, 3.63) is 34.9 Å². The molecule has 2 rings (SSSR count). The van der Waals surface area contributed by atoms with Gasteiger partial charge < -0.3 is 9.84 Å². The maximum Gasteiger partial charge on any atom is 0.313 e. The van der Waals surface area contributed by atoms with E-state index in [1.807, 2.05) is 24.3 Å². The predicted octanol–water partition coefficient (Wildman–Crippen LogP) is 2.75. The van der Waals surface area contributed by atoms with Crippen LogP contribution in [0.15, 0.2) is 23.8 Å². The highest BCUT2D eigenvalue weighted by Gasteiger charge is 2.34. The average molecular weight is 232 g/mol. The minimum atomic E-state index is -0.829. The quantitative estimate of drug-likeness (QED) is 0.871. The van der Waals surface area contributed by atoms with Crippen LogP contribution in [0.4, 0.5) is 0 Å². The molecule has 0 heterocycles. The fourth-order valence-corrected chi connectivity index (χ4v) is 2.05. The smallest absolute Gasteiger partial charge is 0.313 e. The van der Waals surface area contributed by atoms with Gasteiger partial charge in [-0.1, -0.05) is 18.2 Å². The number of carbonyl (C=O) groups is 1. The first-order chi connectivity index (χ1) is 7.96. The van der Waals surface area contributed by atoms with Gasteiger partial charge in [0.1, 0.15) is 5.75 Å². The number of carboxylic acid groups (broad SMARTS) is 1. The Morgan fingerprint density at radius 2 is 2.12 bits per heavy atom. The van der Waals surface area contributed by atoms with Crippen LogP contribution in [0.5, 0.6) is 5.75 Å². The lowest BCUT2D eigenvalue weighted by Crippen LogP contribution is -2.26. The highest BCUT2D eigenvalue weighted by atomic mass is 16.5. The molecule has 0 radical (unpaired) electrons. The molecule has 0 aromatic heterocycles. The van der Waals surface area contributed by atoms with Crippen LogP contribution in [0.25, 0.3) is 6.08 Å². The van der Waals surface area contributed by atoms with E-state index in [4.69, 9.17) is 4.74 Å². The van der Waals surface area contributed by atoms with Crippen molar-refractivity contribution in [2.24, 2.45) is 5.41 Å². The van der Waals surface area contributed by atoms with Gasteiger partial charge in [0.05, 0.1) is 12.5 Å². The van der Waals surface area contributed by atoms with Crippen molar-refractivity contribution in [1.82, 2.24) is 0 Å². The fraction of sp³-hybridized carbons (Fsp3) is 0.357. The second kappa shape index (κ2) is 3.91. The van der Waals surface area contributed by atoms with Crippen LogP contribution in [0.3, 0.4) is 0 Å². The highest BCUT2D eigenvalue weighted by Crippen LogP contribution is 2.40. The van der Waals surface area contributed by atoms with Crippen LogP contribution in [0.2, 0.25) is 0 Å². The Kier molecular flexibility index (Phi) is 2.69. The van der Waals surface area contributed by atoms with Crippen molar-refractivity contribution < 1.29 is 14.6 Å². The van der Waals surface area contributed by atoms with Gasteiger partial charge in [0, 0.05) is 5.56 Å². The molecule has 3 heteroatoms. The summed E-state index contributed by atoms with van der Waals surface area (Å²) in [5, 5.41) is 9.24. The fourth-order valence-electron chi connectivity index (χ4n) is 2.05. The number of hydrogen-bond donors (Lipinski definition) is 1. The van der Waals surface area contributed by atoms with E-state index in [1.165, 1.54) is 0 Å². The number of hydrogen-bond acceptors (Lipinski definition) is 2. The van der Waals surface area contributed by atoms with E-state index in [-0.39, 0.29) is 0 Å². The first kappa shape index (κ1) is 11.7. The normalized spacial score (nSPS) is 14.2. The van der Waals surface area contributed by atoms with Crippen LogP contribution >= 0.6 is 0 Å². The zero-order valence-corrected chi connectivity index (χ0v) is 10.3. The Labute approximate surface area is 101 Å². The van der Waals surface area contributed by atoms with E-state index in [0.717, 1.165) is 22.4 Å². The van der Waals surface area contributed by atoms with Gasteiger partial charge in [0.2, 0.25) is 0 Å². The highest BCUT2D eigenvalue weighted by molar-refractivity contribution is 5.83. The number of ether oxygens (including phenoxy) is 1. The molecule has 1 aliphatic carbocycles. The maximum absolute atomic E-state index is 11.2. The summed E-state index contributed by atoms with van der Waals surface area (Å²) >= 11 is 0. The summed E-state index contributed by atoms with van der Waals surface area (Å²) in [5.41, 5.74) is 2.24. The molecule has 0 amide bonds. The predicted molar refractivity (Wildman–Crippen MR) is 66.1 cm³/mol. The first-order valence-electron chi connectivity index (χ1n) is 5.57. The molecule has 1 aromatic rings. The molecule has 3 nitrogen and oxygen atoms in total. The van der Waals surface area contributed by atoms with Crippen LogP contribution in [0, 0.1) is 5.41 Å². The van der Waals surface area contributed by atoms with Gasteiger partial charge in [-0.2, -0.15) is 0 Å². The Hall–Kier alpha value is -1.77. The van der Waals surface area contributed by atoms with Gasteiger partial charge in [-0.25, -0.2) is 0 Å². The van der Waals surface area contributed by atoms with E-state index in [0.29, 0.717) is 6.42 Å². The Morgan fingerprint density at radius 3 is 2.71 bits per heavy atom. The summed E-state index contributed by atoms with van der Waals surface area (Å²) in [5.74, 6) is 0.00853. The summed E-state index contributed by atoms with van der Waals surface area (Å²) in [7, 11) is 1.63. The standard InChI is InChI=1S/C14H16O3/c1-14(2,13(15)16)10-7-9-5-4-6-12(17-3)11(9)8-10/h4-6,8H,7H2,1-3H3,(H,15,16). The van der Waals surface area contributed by atoms with Crippen molar-refractivity contribution in [2.45, 2.75) is 20.3 Å². The monoisotopic (exact) mass is 232 g/mol. The Balaban J connectivity index is 2.44. The number of carboxylic acids is 1. The summed E-state index contributed by atoms with van der Waals surface area (Å²) in [6, 6.07) is 5.84. The van der Waals surface area contributed by atoms with Gasteiger partial charge in [-0.15, -0.1) is 0 Å². The molecular formula is C14H16O3. The number of benzene rings is 1. The zero-order chi connectivity index (χ0) is 12.6. The van der Waals surface area contributed by atoms with Crippen LogP contribution < -0.4 is 4.74 Å². The van der Waals surface area contributed by atoms with Crippen molar-refractivity contribution >= 4 is 12.0 Å². The lowest BCUT2D eigenvalue weighted by molar-refractivity contribution is -0.144. The molecule has 0 fully saturated rings. The minimum absolute atomic E-state index is 0.686. The molecule has 0 spiro atoms. The van der Waals surface area contributed by atoms with Crippen molar-refractivity contribution in [3.8, 4) is 5.75 Å². The van der Waals surface area contributed by atoms with Gasteiger partial charge in [0.15, 0.2) is 0 Å². The summed E-state index contributed by atoms with van der Waals surface area (Å²) in [4.78, 5) is 11.2. The number of methoxy groups -OCH3 is 1. The molecule has 90 valence electrons. The van der Waals surface area contributed by atoms with Crippen molar-refractivity contribution in [1.29, 1.82) is 0 Å². The molecule has 1 aliphatic rings. The van der Waals surface area contributed by atoms with E-state index in [1.54, 1.807) is 21.0 Å². The summed E-state index contributed by atoms with van der Waals surface area (Å²) in [6.45, 7) is 3.47. The maximum atomic E-state index is 11.2. The topological polar surface area (TPSA) is 46.5 Å². The molecule has 0 saturated carbocycles. The molecule has 0 aliphatic heterocycles. The summed E-state index contributed by atoms with van der Waals surface area (Å²) < 4.78 is 5.29. The lowest BCUT2D eigenvalue weighted by atomic mass is 9.83. The van der Waals surface area contributed by atoms with Crippen molar-refractivity contribution in [3.63, 3.8) is 0 Å². The number of fused-ring (bicyclic) bond motifs is 1. The average Bonchev–Trinajstić information content (AvgIpc) is 2.72. The number of rotatable bonds is 3. The second-order valence-corrected chi connectivity index (χ2v) is 4.81. The first-order valence-corrected chi connectivity index (χ1v) is 5.57. The molecule has 1 aromatic carbocycles. The Morgan fingerprint density at radius 1 is 1.41 bits per heavy atom. The van der Waals surface area contributed by atoms with Gasteiger partial charge in [-0.05, 0) is 37.5 Å². The molecule has 17 heavy (non-hydrogen) atoms. The zero-order valence-electron chi connectivity index (χ0n) is 10.3. The molecule has 0 saturated heterocycles. The third-order valence-electron chi connectivity index (χ3n) is 3.41. The van der Waals surface area contributed by atoms with Crippen molar-refractivity contribution in [2.75, 3.05) is 7.11 Å². The Bertz CT molecular complexity index is 498. The minimum Gasteiger partial charge on any atom is -0.496 e. The molecule has 0 unspecified atom stereocenters. The van der Waals surface area contributed by atoms with Crippen LogP contribution in [0.1, 0.15) is 25.0 Å². The number of aliphatic carboxylic acids is 1. The third kappa shape index (κ3) is 1.82. The van der Waals surface area contributed by atoms with Crippen LogP contribution in [-0.4, -0.2) is 18.2 Å². The third-order valence-corrected chi connectivity index (χ3v) is 3.41. The van der Waals surface area contributed by atoms with Gasteiger partial charge in [0.25, 0.3) is 0 Å². The van der Waals surface area contributed by atoms with Crippen LogP contribution in [-0.2, 0) is 11.2 Å². The lowest BCUT2D eigenvalue weighted by Gasteiger charge is -2.20. The van der Waals surface area contributed by atoms with E-state index >= 15 is 0 Å². The molecule has 0 bridgehead atoms. The van der Waals surface area contributed by atoms with Gasteiger partial charge >= 0.3 is 5.97 Å². The summed E-state index contributed by atoms with van der Waals surface area (Å²) in [6.07, 6.45) is 2.63. The largest absolute Gasteiger partial charge is 0.496 e. The van der Waals surface area contributed by atoms with Gasteiger partial charge in [-0.3, -0.25) is 4.79 Å². The molecule has 1 N–H and O–H groups in total. The SMILES string of the molecule is COc1cccc2c1C=C(C(C)(C)C(=O)O)C2. The van der Waals surface area contributed by atoms with E-state index in [9.17, 15) is 9.90 Å². The van der Waals surface area contributed by atoms with E-state index in [2.05, 4.69) is 0 Å². The molecule has 0 atom stereocenters. The second-order valence-electron chi connectivity index (χ2n) is 4.81.